The second-order valence-corrected chi connectivity index (χ2v) is 7.18. The molecule has 164 valence electrons. The highest BCUT2D eigenvalue weighted by molar-refractivity contribution is 5.98. The molecule has 0 aromatic heterocycles. The molecule has 1 aromatic rings. The number of methoxy groups -OCH3 is 1. The zero-order chi connectivity index (χ0) is 22.3. The van der Waals surface area contributed by atoms with E-state index >= 15 is 0 Å². The topological polar surface area (TPSA) is 128 Å². The SMILES string of the molecule is CC[C@H](C)[C@@H](NC(=O)COC(=O)c1cc([N+](=O)[O-])ccc1N1CCCC1)C(=O)OC. The van der Waals surface area contributed by atoms with Gasteiger partial charge in [-0.1, -0.05) is 20.3 Å². The fraction of sp³-hybridized carbons (Fsp3) is 0.550. The molecule has 1 fully saturated rings. The number of rotatable bonds is 9. The van der Waals surface area contributed by atoms with Gasteiger partial charge in [0, 0.05) is 25.2 Å². The van der Waals surface area contributed by atoms with Gasteiger partial charge in [0.1, 0.15) is 6.04 Å². The van der Waals surface area contributed by atoms with Gasteiger partial charge in [-0.15, -0.1) is 0 Å². The predicted octanol–water partition coefficient (Wildman–Crippen LogP) is 2.06. The van der Waals surface area contributed by atoms with Crippen molar-refractivity contribution in [3.05, 3.63) is 33.9 Å². The van der Waals surface area contributed by atoms with Crippen molar-refractivity contribution in [3.63, 3.8) is 0 Å². The molecule has 0 bridgehead atoms. The quantitative estimate of drug-likeness (QED) is 0.364. The van der Waals surface area contributed by atoms with E-state index in [-0.39, 0.29) is 17.2 Å². The molecule has 1 aliphatic rings. The van der Waals surface area contributed by atoms with E-state index in [2.05, 4.69) is 5.32 Å². The number of anilines is 1. The lowest BCUT2D eigenvalue weighted by Gasteiger charge is -2.22. The molecule has 1 aromatic carbocycles. The Balaban J connectivity index is 2.11. The summed E-state index contributed by atoms with van der Waals surface area (Å²) in [5.74, 6) is -2.25. The van der Waals surface area contributed by atoms with Crippen LogP contribution in [0.15, 0.2) is 18.2 Å². The summed E-state index contributed by atoms with van der Waals surface area (Å²) in [5, 5.41) is 13.6. The molecule has 2 rings (SSSR count). The molecule has 0 spiro atoms. The number of nitrogens with zero attached hydrogens (tertiary/aromatic N) is 2. The van der Waals surface area contributed by atoms with Gasteiger partial charge in [-0.2, -0.15) is 0 Å². The van der Waals surface area contributed by atoms with Crippen LogP contribution < -0.4 is 10.2 Å². The van der Waals surface area contributed by atoms with E-state index < -0.39 is 35.4 Å². The molecule has 1 N–H and O–H groups in total. The summed E-state index contributed by atoms with van der Waals surface area (Å²) in [6, 6.07) is 3.16. The summed E-state index contributed by atoms with van der Waals surface area (Å²) in [5.41, 5.74) is 0.331. The van der Waals surface area contributed by atoms with Crippen molar-refractivity contribution in [2.75, 3.05) is 31.7 Å². The first-order valence-corrected chi connectivity index (χ1v) is 9.86. The number of esters is 2. The van der Waals surface area contributed by atoms with E-state index in [1.807, 2.05) is 11.8 Å². The number of nitro benzene ring substituents is 1. The standard InChI is InChI=1S/C20H27N3O7/c1-4-13(2)18(20(26)29-3)21-17(24)12-30-19(25)15-11-14(23(27)28)7-8-16(15)22-9-5-6-10-22/h7-8,11,13,18H,4-6,9-10,12H2,1-3H3,(H,21,24)/t13-,18+/m0/s1. The first kappa shape index (κ1) is 23.1. The van der Waals surface area contributed by atoms with Crippen LogP contribution in [0.25, 0.3) is 0 Å². The van der Waals surface area contributed by atoms with Crippen molar-refractivity contribution in [1.82, 2.24) is 5.32 Å². The Morgan fingerprint density at radius 2 is 1.93 bits per heavy atom. The Morgan fingerprint density at radius 1 is 1.27 bits per heavy atom. The van der Waals surface area contributed by atoms with E-state index in [4.69, 9.17) is 9.47 Å². The maximum absolute atomic E-state index is 12.6. The molecule has 1 amide bonds. The lowest BCUT2D eigenvalue weighted by molar-refractivity contribution is -0.384. The molecule has 2 atom stereocenters. The molecular weight excluding hydrogens is 394 g/mol. The van der Waals surface area contributed by atoms with E-state index in [1.165, 1.54) is 19.2 Å². The van der Waals surface area contributed by atoms with Gasteiger partial charge in [-0.05, 0) is 24.8 Å². The number of ether oxygens (including phenoxy) is 2. The van der Waals surface area contributed by atoms with Gasteiger partial charge in [0.2, 0.25) is 0 Å². The number of nitrogens with one attached hydrogen (secondary N) is 1. The monoisotopic (exact) mass is 421 g/mol. The van der Waals surface area contributed by atoms with Crippen molar-refractivity contribution in [3.8, 4) is 0 Å². The number of amides is 1. The molecule has 0 saturated carbocycles. The Kier molecular flexibility index (Phi) is 8.14. The minimum Gasteiger partial charge on any atom is -0.467 e. The third kappa shape index (κ3) is 5.68. The van der Waals surface area contributed by atoms with E-state index in [0.717, 1.165) is 32.0 Å². The fourth-order valence-corrected chi connectivity index (χ4v) is 3.25. The highest BCUT2D eigenvalue weighted by Crippen LogP contribution is 2.29. The summed E-state index contributed by atoms with van der Waals surface area (Å²) in [6.07, 6.45) is 2.55. The lowest BCUT2D eigenvalue weighted by Crippen LogP contribution is -2.47. The van der Waals surface area contributed by atoms with Crippen LogP contribution in [0.3, 0.4) is 0 Å². The van der Waals surface area contributed by atoms with Crippen LogP contribution in [-0.4, -0.2) is 55.6 Å². The fourth-order valence-electron chi connectivity index (χ4n) is 3.25. The highest BCUT2D eigenvalue weighted by atomic mass is 16.6. The number of carbonyl (C=O) groups is 3. The molecule has 30 heavy (non-hydrogen) atoms. The first-order chi connectivity index (χ1) is 14.3. The maximum Gasteiger partial charge on any atom is 0.341 e. The first-order valence-electron chi connectivity index (χ1n) is 9.86. The van der Waals surface area contributed by atoms with Gasteiger partial charge in [0.25, 0.3) is 11.6 Å². The number of hydrogen-bond acceptors (Lipinski definition) is 8. The molecule has 10 heteroatoms. The number of nitro groups is 1. The van der Waals surface area contributed by atoms with E-state index in [0.29, 0.717) is 12.1 Å². The summed E-state index contributed by atoms with van der Waals surface area (Å²) >= 11 is 0. The van der Waals surface area contributed by atoms with Crippen LogP contribution in [0, 0.1) is 16.0 Å². The highest BCUT2D eigenvalue weighted by Gasteiger charge is 2.28. The largest absolute Gasteiger partial charge is 0.467 e. The molecule has 0 aliphatic carbocycles. The molecule has 0 unspecified atom stereocenters. The second kappa shape index (κ2) is 10.6. The van der Waals surface area contributed by atoms with Crippen LogP contribution >= 0.6 is 0 Å². The lowest BCUT2D eigenvalue weighted by atomic mass is 9.99. The van der Waals surface area contributed by atoms with E-state index in [1.54, 1.807) is 6.92 Å². The predicted molar refractivity (Wildman–Crippen MR) is 108 cm³/mol. The Labute approximate surface area is 174 Å². The Hall–Kier alpha value is -3.17. The van der Waals surface area contributed by atoms with Crippen LogP contribution in [0.2, 0.25) is 0 Å². The summed E-state index contributed by atoms with van der Waals surface area (Å²) < 4.78 is 9.81. The van der Waals surface area contributed by atoms with Crippen molar-refractivity contribution >= 4 is 29.2 Å². The van der Waals surface area contributed by atoms with Crippen molar-refractivity contribution < 1.29 is 28.8 Å². The molecule has 0 radical (unpaired) electrons. The van der Waals surface area contributed by atoms with Gasteiger partial charge in [0.15, 0.2) is 6.61 Å². The van der Waals surface area contributed by atoms with Crippen molar-refractivity contribution in [2.45, 2.75) is 39.2 Å². The number of non-ortho nitro benzene ring substituents is 1. The van der Waals surface area contributed by atoms with E-state index in [9.17, 15) is 24.5 Å². The van der Waals surface area contributed by atoms with Gasteiger partial charge in [-0.3, -0.25) is 14.9 Å². The molecule has 1 heterocycles. The minimum atomic E-state index is -0.857. The van der Waals surface area contributed by atoms with Crippen LogP contribution in [-0.2, 0) is 19.1 Å². The van der Waals surface area contributed by atoms with Gasteiger partial charge < -0.3 is 19.7 Å². The Morgan fingerprint density at radius 3 is 2.50 bits per heavy atom. The zero-order valence-corrected chi connectivity index (χ0v) is 17.4. The average molecular weight is 421 g/mol. The maximum atomic E-state index is 12.6. The average Bonchev–Trinajstić information content (AvgIpc) is 3.28. The normalized spacial score (nSPS) is 15.2. The number of benzene rings is 1. The smallest absolute Gasteiger partial charge is 0.341 e. The second-order valence-electron chi connectivity index (χ2n) is 7.18. The molecule has 1 saturated heterocycles. The van der Waals surface area contributed by atoms with Gasteiger partial charge >= 0.3 is 11.9 Å². The molecular formula is C20H27N3O7. The summed E-state index contributed by atoms with van der Waals surface area (Å²) in [6.45, 7) is 4.50. The van der Waals surface area contributed by atoms with Gasteiger partial charge in [0.05, 0.1) is 23.3 Å². The summed E-state index contributed by atoms with van der Waals surface area (Å²) in [4.78, 5) is 49.2. The number of carbonyl (C=O) groups excluding carboxylic acids is 3. The molecule has 10 nitrogen and oxygen atoms in total. The van der Waals surface area contributed by atoms with Crippen molar-refractivity contribution in [1.29, 1.82) is 0 Å². The third-order valence-electron chi connectivity index (χ3n) is 5.18. The third-order valence-corrected chi connectivity index (χ3v) is 5.18. The van der Waals surface area contributed by atoms with Crippen LogP contribution in [0.5, 0.6) is 0 Å². The van der Waals surface area contributed by atoms with Crippen molar-refractivity contribution in [2.24, 2.45) is 5.92 Å². The Bertz CT molecular complexity index is 806. The van der Waals surface area contributed by atoms with Crippen LogP contribution in [0.4, 0.5) is 11.4 Å². The minimum absolute atomic E-state index is 0.0327. The van der Waals surface area contributed by atoms with Gasteiger partial charge in [-0.25, -0.2) is 9.59 Å². The number of hydrogen-bond donors (Lipinski definition) is 1. The zero-order valence-electron chi connectivity index (χ0n) is 17.4. The summed E-state index contributed by atoms with van der Waals surface area (Å²) in [7, 11) is 1.23. The molecule has 1 aliphatic heterocycles. The van der Waals surface area contributed by atoms with Crippen LogP contribution in [0.1, 0.15) is 43.5 Å².